The van der Waals surface area contributed by atoms with Crippen molar-refractivity contribution in [2.24, 2.45) is 0 Å². The minimum atomic E-state index is 0.121. The van der Waals surface area contributed by atoms with Crippen molar-refractivity contribution in [2.75, 3.05) is 7.05 Å². The zero-order valence-corrected chi connectivity index (χ0v) is 13.5. The van der Waals surface area contributed by atoms with Gasteiger partial charge in [0.2, 0.25) is 0 Å². The molecule has 2 nitrogen and oxygen atoms in total. The van der Waals surface area contributed by atoms with E-state index in [0.29, 0.717) is 6.61 Å². The van der Waals surface area contributed by atoms with Crippen molar-refractivity contribution >= 4 is 27.5 Å². The van der Waals surface area contributed by atoms with Crippen LogP contribution in [0.4, 0.5) is 0 Å². The molecule has 3 rings (SSSR count). The van der Waals surface area contributed by atoms with Gasteiger partial charge in [0.25, 0.3) is 0 Å². The molecule has 0 spiro atoms. The molecule has 4 heteroatoms. The second-order valence-corrected chi connectivity index (χ2v) is 6.30. The average molecular weight is 353 g/mol. The number of fused-ring (bicyclic) bond motifs is 1. The number of hydrogen-bond donors (Lipinski definition) is 1. The van der Waals surface area contributed by atoms with Gasteiger partial charge in [-0.05, 0) is 47.5 Å². The van der Waals surface area contributed by atoms with Crippen molar-refractivity contribution in [1.82, 2.24) is 5.32 Å². The van der Waals surface area contributed by atoms with Gasteiger partial charge in [0, 0.05) is 9.50 Å². The topological polar surface area (TPSA) is 21.3 Å². The van der Waals surface area contributed by atoms with Gasteiger partial charge < -0.3 is 10.1 Å². The molecule has 0 aliphatic carbocycles. The Labute approximate surface area is 132 Å². The van der Waals surface area contributed by atoms with E-state index in [9.17, 15) is 0 Å². The molecule has 104 valence electrons. The Hall–Kier alpha value is -0.870. The maximum atomic E-state index is 6.15. The van der Waals surface area contributed by atoms with Gasteiger partial charge in [-0.2, -0.15) is 0 Å². The third-order valence-electron chi connectivity index (χ3n) is 3.59. The Bertz CT molecular complexity index is 624. The highest BCUT2D eigenvalue weighted by atomic mass is 79.9. The van der Waals surface area contributed by atoms with E-state index >= 15 is 0 Å². The van der Waals surface area contributed by atoms with Crippen LogP contribution in [0.1, 0.15) is 28.3 Å². The molecular formula is C16H15BrClNO. The Morgan fingerprint density at radius 2 is 1.90 bits per heavy atom. The van der Waals surface area contributed by atoms with E-state index in [1.54, 1.807) is 0 Å². The van der Waals surface area contributed by atoms with E-state index in [1.165, 1.54) is 16.7 Å². The van der Waals surface area contributed by atoms with Crippen LogP contribution in [0.25, 0.3) is 0 Å². The van der Waals surface area contributed by atoms with Gasteiger partial charge in [-0.15, -0.1) is 0 Å². The largest absolute Gasteiger partial charge is 0.372 e. The molecule has 0 radical (unpaired) electrons. The van der Waals surface area contributed by atoms with Gasteiger partial charge in [0.05, 0.1) is 19.3 Å². The molecule has 0 aromatic heterocycles. The van der Waals surface area contributed by atoms with E-state index in [0.717, 1.165) is 21.7 Å². The molecule has 1 unspecified atom stereocenters. The van der Waals surface area contributed by atoms with E-state index < -0.39 is 0 Å². The van der Waals surface area contributed by atoms with Crippen molar-refractivity contribution in [1.29, 1.82) is 0 Å². The minimum absolute atomic E-state index is 0.121. The molecule has 1 aliphatic rings. The van der Waals surface area contributed by atoms with Crippen LogP contribution in [0.5, 0.6) is 0 Å². The van der Waals surface area contributed by atoms with Crippen LogP contribution in [-0.2, 0) is 18.0 Å². The molecule has 20 heavy (non-hydrogen) atoms. The Kier molecular flexibility index (Phi) is 4.13. The molecule has 2 aromatic carbocycles. The maximum absolute atomic E-state index is 6.15. The lowest BCUT2D eigenvalue weighted by Gasteiger charge is -2.19. The second-order valence-electron chi connectivity index (χ2n) is 4.95. The van der Waals surface area contributed by atoms with E-state index in [-0.39, 0.29) is 6.04 Å². The highest BCUT2D eigenvalue weighted by molar-refractivity contribution is 9.10. The third-order valence-corrected chi connectivity index (χ3v) is 4.26. The number of benzene rings is 2. The van der Waals surface area contributed by atoms with Crippen LogP contribution in [0.15, 0.2) is 40.9 Å². The summed E-state index contributed by atoms with van der Waals surface area (Å²) in [6.07, 6.45) is 0. The molecule has 0 saturated heterocycles. The summed E-state index contributed by atoms with van der Waals surface area (Å²) in [4.78, 5) is 0. The molecule has 0 fully saturated rings. The Morgan fingerprint density at radius 1 is 1.10 bits per heavy atom. The van der Waals surface area contributed by atoms with Crippen LogP contribution < -0.4 is 5.32 Å². The quantitative estimate of drug-likeness (QED) is 0.881. The van der Waals surface area contributed by atoms with Crippen molar-refractivity contribution in [3.8, 4) is 0 Å². The molecule has 1 aliphatic heterocycles. The zero-order chi connectivity index (χ0) is 14.1. The lowest BCUT2D eigenvalue weighted by molar-refractivity contribution is 0.134. The summed E-state index contributed by atoms with van der Waals surface area (Å²) in [5.41, 5.74) is 4.94. The number of nitrogens with one attached hydrogen (secondary N) is 1. The Morgan fingerprint density at radius 3 is 2.65 bits per heavy atom. The zero-order valence-electron chi connectivity index (χ0n) is 11.1. The summed E-state index contributed by atoms with van der Waals surface area (Å²) in [6.45, 7) is 1.43. The number of halogens is 2. The van der Waals surface area contributed by atoms with Crippen LogP contribution in [0.3, 0.4) is 0 Å². The fourth-order valence-corrected chi connectivity index (χ4v) is 3.53. The van der Waals surface area contributed by atoms with Crippen LogP contribution in [0.2, 0.25) is 5.02 Å². The second kappa shape index (κ2) is 5.86. The first-order valence-electron chi connectivity index (χ1n) is 6.50. The first-order chi connectivity index (χ1) is 9.67. The predicted molar refractivity (Wildman–Crippen MR) is 85.0 cm³/mol. The van der Waals surface area contributed by atoms with Crippen molar-refractivity contribution in [2.45, 2.75) is 19.3 Å². The number of ether oxygens (including phenoxy) is 1. The number of hydrogen-bond acceptors (Lipinski definition) is 2. The summed E-state index contributed by atoms with van der Waals surface area (Å²) >= 11 is 9.66. The smallest absolute Gasteiger partial charge is 0.0725 e. The average Bonchev–Trinajstić information content (AvgIpc) is 2.86. The third kappa shape index (κ3) is 2.77. The van der Waals surface area contributed by atoms with E-state index in [4.69, 9.17) is 16.3 Å². The van der Waals surface area contributed by atoms with Crippen LogP contribution in [-0.4, -0.2) is 7.05 Å². The molecule has 2 aromatic rings. The number of rotatable bonds is 3. The molecule has 1 atom stereocenters. The van der Waals surface area contributed by atoms with Gasteiger partial charge in [-0.25, -0.2) is 0 Å². The molecular weight excluding hydrogens is 338 g/mol. The van der Waals surface area contributed by atoms with Gasteiger partial charge in [-0.3, -0.25) is 0 Å². The van der Waals surface area contributed by atoms with Crippen LogP contribution in [0, 0.1) is 0 Å². The SMILES string of the molecule is CNC(c1cc(Cl)cc(Br)c1)c1ccc2c(c1)COC2. The van der Waals surface area contributed by atoms with Crippen molar-refractivity contribution < 1.29 is 4.74 Å². The van der Waals surface area contributed by atoms with Gasteiger partial charge in [0.15, 0.2) is 0 Å². The van der Waals surface area contributed by atoms with Gasteiger partial charge in [-0.1, -0.05) is 45.7 Å². The van der Waals surface area contributed by atoms with Gasteiger partial charge >= 0.3 is 0 Å². The summed E-state index contributed by atoms with van der Waals surface area (Å²) in [5, 5.41) is 4.10. The summed E-state index contributed by atoms with van der Waals surface area (Å²) in [7, 11) is 1.96. The van der Waals surface area contributed by atoms with Crippen molar-refractivity contribution in [3.63, 3.8) is 0 Å². The van der Waals surface area contributed by atoms with Gasteiger partial charge in [0.1, 0.15) is 0 Å². The molecule has 1 N–H and O–H groups in total. The summed E-state index contributed by atoms with van der Waals surface area (Å²) in [5.74, 6) is 0. The molecule has 0 amide bonds. The van der Waals surface area contributed by atoms with Crippen LogP contribution >= 0.6 is 27.5 Å². The molecule has 0 saturated carbocycles. The standard InChI is InChI=1S/C16H15BrClNO/c1-19-16(12-5-14(17)7-15(18)6-12)10-2-3-11-8-20-9-13(11)4-10/h2-7,16,19H,8-9H2,1H3. The van der Waals surface area contributed by atoms with E-state index in [2.05, 4.69) is 45.5 Å². The molecule has 0 bridgehead atoms. The lowest BCUT2D eigenvalue weighted by Crippen LogP contribution is -2.18. The van der Waals surface area contributed by atoms with E-state index in [1.807, 2.05) is 19.2 Å². The van der Waals surface area contributed by atoms with Crippen molar-refractivity contribution in [3.05, 3.63) is 68.1 Å². The first kappa shape index (κ1) is 14.1. The summed E-state index contributed by atoms with van der Waals surface area (Å²) in [6, 6.07) is 12.6. The molecule has 1 heterocycles. The normalized spacial score (nSPS) is 15.2. The monoisotopic (exact) mass is 351 g/mol. The highest BCUT2D eigenvalue weighted by Gasteiger charge is 2.17. The predicted octanol–water partition coefficient (Wildman–Crippen LogP) is 4.44. The first-order valence-corrected chi connectivity index (χ1v) is 7.67. The highest BCUT2D eigenvalue weighted by Crippen LogP contribution is 2.30. The Balaban J connectivity index is 2.01. The lowest BCUT2D eigenvalue weighted by atomic mass is 9.96. The minimum Gasteiger partial charge on any atom is -0.372 e. The fraction of sp³-hybridized carbons (Fsp3) is 0.250. The maximum Gasteiger partial charge on any atom is 0.0725 e. The summed E-state index contributed by atoms with van der Waals surface area (Å²) < 4.78 is 6.47. The fourth-order valence-electron chi connectivity index (χ4n) is 2.64.